The SMILES string of the molecule is CC.CCc1ccc(C2Nc3ccc(Cl)cc3C(=O)N2Cc2ccc(F)cc2)s1. The number of nitrogens with one attached hydrogen (secondary N) is 1. The number of hydrogen-bond acceptors (Lipinski definition) is 3. The summed E-state index contributed by atoms with van der Waals surface area (Å²) in [6.45, 7) is 6.49. The van der Waals surface area contributed by atoms with E-state index in [1.807, 2.05) is 19.9 Å². The predicted octanol–water partition coefficient (Wildman–Crippen LogP) is 6.90. The minimum absolute atomic E-state index is 0.0907. The number of aryl methyl sites for hydroxylation is 1. The molecular weight excluding hydrogens is 407 g/mol. The molecule has 152 valence electrons. The molecule has 0 spiro atoms. The van der Waals surface area contributed by atoms with Crippen molar-refractivity contribution in [3.8, 4) is 0 Å². The highest BCUT2D eigenvalue weighted by Gasteiger charge is 2.34. The van der Waals surface area contributed by atoms with Crippen molar-refractivity contribution in [3.63, 3.8) is 0 Å². The van der Waals surface area contributed by atoms with Gasteiger partial charge in [-0.25, -0.2) is 4.39 Å². The van der Waals surface area contributed by atoms with Crippen molar-refractivity contribution in [1.82, 2.24) is 4.90 Å². The molecule has 1 aliphatic heterocycles. The number of halogens is 2. The molecule has 1 atom stereocenters. The third-order valence-electron chi connectivity index (χ3n) is 4.64. The third kappa shape index (κ3) is 4.62. The zero-order chi connectivity index (χ0) is 21.0. The zero-order valence-electron chi connectivity index (χ0n) is 16.7. The lowest BCUT2D eigenvalue weighted by atomic mass is 10.1. The Balaban J connectivity index is 0.00000117. The van der Waals surface area contributed by atoms with E-state index >= 15 is 0 Å². The Kier molecular flexibility index (Phi) is 6.93. The average Bonchev–Trinajstić information content (AvgIpc) is 3.22. The molecule has 0 saturated carbocycles. The van der Waals surface area contributed by atoms with E-state index in [4.69, 9.17) is 11.6 Å². The van der Waals surface area contributed by atoms with E-state index in [0.29, 0.717) is 17.1 Å². The van der Waals surface area contributed by atoms with Gasteiger partial charge in [0, 0.05) is 27.0 Å². The Morgan fingerprint density at radius 1 is 1.10 bits per heavy atom. The number of amides is 1. The van der Waals surface area contributed by atoms with Gasteiger partial charge in [0.15, 0.2) is 0 Å². The van der Waals surface area contributed by atoms with E-state index in [9.17, 15) is 9.18 Å². The molecule has 4 rings (SSSR count). The number of thiophene rings is 1. The second-order valence-corrected chi connectivity index (χ2v) is 8.09. The smallest absolute Gasteiger partial charge is 0.258 e. The summed E-state index contributed by atoms with van der Waals surface area (Å²) in [5, 5.41) is 3.99. The zero-order valence-corrected chi connectivity index (χ0v) is 18.3. The van der Waals surface area contributed by atoms with Crippen LogP contribution in [0, 0.1) is 5.82 Å². The van der Waals surface area contributed by atoms with Crippen molar-refractivity contribution >= 4 is 34.5 Å². The van der Waals surface area contributed by atoms with Crippen molar-refractivity contribution in [2.24, 2.45) is 0 Å². The van der Waals surface area contributed by atoms with Crippen LogP contribution in [0.4, 0.5) is 10.1 Å². The van der Waals surface area contributed by atoms with Gasteiger partial charge in [0.1, 0.15) is 12.0 Å². The Bertz CT molecular complexity index is 987. The van der Waals surface area contributed by atoms with E-state index in [2.05, 4.69) is 24.4 Å². The van der Waals surface area contributed by atoms with Crippen LogP contribution < -0.4 is 5.32 Å². The second kappa shape index (κ2) is 9.42. The number of benzene rings is 2. The van der Waals surface area contributed by atoms with Gasteiger partial charge in [-0.05, 0) is 54.4 Å². The van der Waals surface area contributed by atoms with E-state index in [-0.39, 0.29) is 17.9 Å². The van der Waals surface area contributed by atoms with Gasteiger partial charge in [0.2, 0.25) is 0 Å². The molecule has 1 amide bonds. The number of anilines is 1. The van der Waals surface area contributed by atoms with Gasteiger partial charge in [-0.2, -0.15) is 0 Å². The van der Waals surface area contributed by atoms with E-state index in [1.54, 1.807) is 40.5 Å². The van der Waals surface area contributed by atoms with Gasteiger partial charge < -0.3 is 10.2 Å². The third-order valence-corrected chi connectivity index (χ3v) is 6.16. The van der Waals surface area contributed by atoms with Crippen LogP contribution in [-0.2, 0) is 13.0 Å². The Morgan fingerprint density at radius 3 is 2.48 bits per heavy atom. The van der Waals surface area contributed by atoms with Crippen LogP contribution in [-0.4, -0.2) is 10.8 Å². The summed E-state index contributed by atoms with van der Waals surface area (Å²) in [5.41, 5.74) is 2.19. The van der Waals surface area contributed by atoms with Gasteiger partial charge in [0.25, 0.3) is 5.91 Å². The minimum atomic E-state index is -0.290. The first kappa shape index (κ1) is 21.3. The van der Waals surface area contributed by atoms with Crippen molar-refractivity contribution < 1.29 is 9.18 Å². The van der Waals surface area contributed by atoms with Crippen LogP contribution >= 0.6 is 22.9 Å². The molecule has 3 aromatic rings. The Hall–Kier alpha value is -2.37. The summed E-state index contributed by atoms with van der Waals surface area (Å²) >= 11 is 7.80. The maximum absolute atomic E-state index is 13.3. The number of carbonyl (C=O) groups excluding carboxylic acids is 1. The molecule has 6 heteroatoms. The van der Waals surface area contributed by atoms with Crippen LogP contribution in [0.25, 0.3) is 0 Å². The summed E-state index contributed by atoms with van der Waals surface area (Å²) in [6, 6.07) is 15.7. The molecule has 0 radical (unpaired) electrons. The van der Waals surface area contributed by atoms with Gasteiger partial charge in [-0.1, -0.05) is 44.5 Å². The Morgan fingerprint density at radius 2 is 1.83 bits per heavy atom. The topological polar surface area (TPSA) is 32.3 Å². The molecule has 1 N–H and O–H groups in total. The predicted molar refractivity (Wildman–Crippen MR) is 119 cm³/mol. The molecule has 1 unspecified atom stereocenters. The van der Waals surface area contributed by atoms with Crippen molar-refractivity contribution in [2.45, 2.75) is 39.9 Å². The van der Waals surface area contributed by atoms with Crippen molar-refractivity contribution in [3.05, 3.63) is 86.3 Å². The standard InChI is InChI=1S/C21H18ClFN2OS.C2H6/c1-2-16-8-10-19(27-16)20-24-18-9-5-14(22)11-17(18)21(26)25(20)12-13-3-6-15(23)7-4-13;1-2/h3-11,20,24H,2,12H2,1H3;1-2H3. The van der Waals surface area contributed by atoms with Crippen LogP contribution in [0.5, 0.6) is 0 Å². The molecule has 2 aromatic carbocycles. The number of nitrogens with zero attached hydrogens (tertiary/aromatic N) is 1. The lowest BCUT2D eigenvalue weighted by Gasteiger charge is -2.37. The molecule has 0 saturated heterocycles. The van der Waals surface area contributed by atoms with Crippen molar-refractivity contribution in [2.75, 3.05) is 5.32 Å². The molecule has 0 bridgehead atoms. The summed E-state index contributed by atoms with van der Waals surface area (Å²) in [4.78, 5) is 17.4. The fraction of sp³-hybridized carbons (Fsp3) is 0.261. The fourth-order valence-corrected chi connectivity index (χ4v) is 4.41. The van der Waals surface area contributed by atoms with Crippen LogP contribution in [0.15, 0.2) is 54.6 Å². The first-order chi connectivity index (χ1) is 14.0. The average molecular weight is 431 g/mol. The molecule has 2 heterocycles. The van der Waals surface area contributed by atoms with Gasteiger partial charge in [-0.3, -0.25) is 4.79 Å². The summed E-state index contributed by atoms with van der Waals surface area (Å²) < 4.78 is 13.3. The first-order valence-corrected chi connectivity index (χ1v) is 10.9. The number of hydrogen-bond donors (Lipinski definition) is 1. The molecule has 29 heavy (non-hydrogen) atoms. The molecule has 0 fully saturated rings. The molecule has 0 aliphatic carbocycles. The summed E-state index contributed by atoms with van der Waals surface area (Å²) in [7, 11) is 0. The van der Waals surface area contributed by atoms with Gasteiger partial charge in [-0.15, -0.1) is 11.3 Å². The highest BCUT2D eigenvalue weighted by molar-refractivity contribution is 7.12. The summed E-state index contributed by atoms with van der Waals surface area (Å²) in [6.07, 6.45) is 0.677. The monoisotopic (exact) mass is 430 g/mol. The number of rotatable bonds is 4. The second-order valence-electron chi connectivity index (χ2n) is 6.45. The Labute approximate surface area is 180 Å². The first-order valence-electron chi connectivity index (χ1n) is 9.75. The fourth-order valence-electron chi connectivity index (χ4n) is 3.22. The lowest BCUT2D eigenvalue weighted by Crippen LogP contribution is -2.42. The molecule has 3 nitrogen and oxygen atoms in total. The normalized spacial score (nSPS) is 15.3. The van der Waals surface area contributed by atoms with Gasteiger partial charge in [0.05, 0.1) is 5.56 Å². The van der Waals surface area contributed by atoms with Gasteiger partial charge >= 0.3 is 0 Å². The minimum Gasteiger partial charge on any atom is -0.360 e. The largest absolute Gasteiger partial charge is 0.360 e. The highest BCUT2D eigenvalue weighted by atomic mass is 35.5. The van der Waals surface area contributed by atoms with E-state index < -0.39 is 0 Å². The van der Waals surface area contributed by atoms with E-state index in [0.717, 1.165) is 22.5 Å². The lowest BCUT2D eigenvalue weighted by molar-refractivity contribution is 0.0669. The molecule has 1 aliphatic rings. The van der Waals surface area contributed by atoms with E-state index in [1.165, 1.54) is 17.0 Å². The molecule has 1 aromatic heterocycles. The maximum atomic E-state index is 13.3. The quantitative estimate of drug-likeness (QED) is 0.488. The van der Waals surface area contributed by atoms with Crippen LogP contribution in [0.2, 0.25) is 5.02 Å². The summed E-state index contributed by atoms with van der Waals surface area (Å²) in [5.74, 6) is -0.381. The number of fused-ring (bicyclic) bond motifs is 1. The molecular formula is C23H24ClFN2OS. The number of carbonyl (C=O) groups is 1. The highest BCUT2D eigenvalue weighted by Crippen LogP contribution is 2.37. The maximum Gasteiger partial charge on any atom is 0.258 e. The van der Waals surface area contributed by atoms with Crippen molar-refractivity contribution in [1.29, 1.82) is 0 Å². The van der Waals surface area contributed by atoms with Crippen LogP contribution in [0.3, 0.4) is 0 Å². The van der Waals surface area contributed by atoms with Crippen LogP contribution in [0.1, 0.15) is 52.6 Å².